The first-order chi connectivity index (χ1) is 15.5. The van der Waals surface area contributed by atoms with Crippen molar-refractivity contribution in [2.45, 2.75) is 30.4 Å². The summed E-state index contributed by atoms with van der Waals surface area (Å²) in [6.45, 7) is 3.90. The van der Waals surface area contributed by atoms with Crippen LogP contribution in [0.3, 0.4) is 0 Å². The molecule has 7 heteroatoms. The minimum absolute atomic E-state index is 0.0739. The monoisotopic (exact) mass is 461 g/mol. The van der Waals surface area contributed by atoms with Crippen molar-refractivity contribution in [1.82, 2.24) is 4.98 Å². The molecule has 2 N–H and O–H groups in total. The number of carbonyl (C=O) groups is 2. The van der Waals surface area contributed by atoms with Crippen LogP contribution in [-0.2, 0) is 16.0 Å². The van der Waals surface area contributed by atoms with E-state index >= 15 is 0 Å². The number of carbonyl (C=O) groups excluding carboxylic acids is 2. The maximum Gasteiger partial charge on any atom is 0.239 e. The van der Waals surface area contributed by atoms with Crippen LogP contribution in [0.2, 0.25) is 0 Å². The highest BCUT2D eigenvalue weighted by Crippen LogP contribution is 2.29. The molecule has 0 saturated heterocycles. The van der Waals surface area contributed by atoms with Gasteiger partial charge in [0.2, 0.25) is 11.8 Å². The third-order valence-corrected chi connectivity index (χ3v) is 6.81. The lowest BCUT2D eigenvalue weighted by Gasteiger charge is -2.12. The molecule has 0 radical (unpaired) electrons. The van der Waals surface area contributed by atoms with E-state index in [-0.39, 0.29) is 17.1 Å². The molecule has 162 valence electrons. The first kappa shape index (κ1) is 22.0. The fourth-order valence-corrected chi connectivity index (χ4v) is 5.08. The Kier molecular flexibility index (Phi) is 6.87. The van der Waals surface area contributed by atoms with Crippen LogP contribution in [0.1, 0.15) is 18.1 Å². The number of amides is 2. The quantitative estimate of drug-likeness (QED) is 0.336. The summed E-state index contributed by atoms with van der Waals surface area (Å²) < 4.78 is 1.06. The topological polar surface area (TPSA) is 71.1 Å². The molecule has 0 spiro atoms. The maximum atomic E-state index is 12.7. The average molecular weight is 462 g/mol. The van der Waals surface area contributed by atoms with Crippen molar-refractivity contribution in [3.05, 3.63) is 83.9 Å². The summed E-state index contributed by atoms with van der Waals surface area (Å²) in [7, 11) is 0. The molecular formula is C25H23N3O2S2. The zero-order chi connectivity index (χ0) is 22.5. The maximum absolute atomic E-state index is 12.7. The van der Waals surface area contributed by atoms with Gasteiger partial charge in [-0.05, 0) is 55.3 Å². The van der Waals surface area contributed by atoms with Crippen molar-refractivity contribution in [2.24, 2.45) is 0 Å². The standard InChI is InChI=1S/C25H23N3O2S2/c1-16-11-12-21-22(13-16)32-25(27-21)28-24(30)17(2)31-20-10-6-9-19(15-20)26-23(29)14-18-7-4-3-5-8-18/h3-13,15,17H,14H2,1-2H3,(H,26,29)(H,27,28,30). The molecule has 3 aromatic carbocycles. The van der Waals surface area contributed by atoms with Crippen molar-refractivity contribution < 1.29 is 9.59 Å². The second-order valence-electron chi connectivity index (χ2n) is 7.48. The lowest BCUT2D eigenvalue weighted by molar-refractivity contribution is -0.116. The molecule has 0 aliphatic rings. The highest BCUT2D eigenvalue weighted by molar-refractivity contribution is 8.00. The van der Waals surface area contributed by atoms with Crippen molar-refractivity contribution in [2.75, 3.05) is 10.6 Å². The Balaban J connectivity index is 1.35. The number of fused-ring (bicyclic) bond motifs is 1. The molecule has 1 unspecified atom stereocenters. The molecule has 0 aliphatic carbocycles. The fraction of sp³-hybridized carbons (Fsp3) is 0.160. The number of aromatic nitrogens is 1. The Morgan fingerprint density at radius 2 is 1.81 bits per heavy atom. The predicted molar refractivity (Wildman–Crippen MR) is 134 cm³/mol. The van der Waals surface area contributed by atoms with E-state index < -0.39 is 0 Å². The molecular weight excluding hydrogens is 438 g/mol. The van der Waals surface area contributed by atoms with E-state index in [1.807, 2.05) is 80.6 Å². The lowest BCUT2D eigenvalue weighted by Crippen LogP contribution is -2.22. The Morgan fingerprint density at radius 1 is 1.00 bits per heavy atom. The Bertz CT molecular complexity index is 1250. The molecule has 4 aromatic rings. The van der Waals surface area contributed by atoms with Crippen LogP contribution in [0, 0.1) is 6.92 Å². The summed E-state index contributed by atoms with van der Waals surface area (Å²) in [5.74, 6) is -0.181. The van der Waals surface area contributed by atoms with Crippen LogP contribution < -0.4 is 10.6 Å². The van der Waals surface area contributed by atoms with Gasteiger partial charge in [0, 0.05) is 10.6 Å². The number of hydrogen-bond donors (Lipinski definition) is 2. The zero-order valence-electron chi connectivity index (χ0n) is 17.8. The van der Waals surface area contributed by atoms with E-state index in [0.29, 0.717) is 17.2 Å². The van der Waals surface area contributed by atoms with Gasteiger partial charge in [-0.1, -0.05) is 53.8 Å². The first-order valence-electron chi connectivity index (χ1n) is 10.2. The fourth-order valence-electron chi connectivity index (χ4n) is 3.18. The molecule has 32 heavy (non-hydrogen) atoms. The number of rotatable bonds is 7. The average Bonchev–Trinajstić information content (AvgIpc) is 3.15. The first-order valence-corrected chi connectivity index (χ1v) is 11.9. The number of benzene rings is 3. The summed E-state index contributed by atoms with van der Waals surface area (Å²) >= 11 is 2.91. The second-order valence-corrected chi connectivity index (χ2v) is 9.92. The molecule has 0 aliphatic heterocycles. The molecule has 2 amide bonds. The van der Waals surface area contributed by atoms with Gasteiger partial charge in [0.25, 0.3) is 0 Å². The van der Waals surface area contributed by atoms with Gasteiger partial charge >= 0.3 is 0 Å². The molecule has 0 saturated carbocycles. The molecule has 0 bridgehead atoms. The SMILES string of the molecule is Cc1ccc2nc(NC(=O)C(C)Sc3cccc(NC(=O)Cc4ccccc4)c3)sc2c1. The van der Waals surface area contributed by atoms with Crippen molar-refractivity contribution in [3.63, 3.8) is 0 Å². The van der Waals surface area contributed by atoms with Gasteiger partial charge in [0.05, 0.1) is 21.9 Å². The Labute approximate surface area is 195 Å². The molecule has 0 fully saturated rings. The summed E-state index contributed by atoms with van der Waals surface area (Å²) in [6, 6.07) is 23.2. The number of anilines is 2. The van der Waals surface area contributed by atoms with Gasteiger partial charge in [-0.3, -0.25) is 9.59 Å². The number of nitrogens with zero attached hydrogens (tertiary/aromatic N) is 1. The summed E-state index contributed by atoms with van der Waals surface area (Å²) in [5.41, 5.74) is 3.73. The van der Waals surface area contributed by atoms with E-state index in [1.54, 1.807) is 0 Å². The van der Waals surface area contributed by atoms with Crippen LogP contribution in [0.4, 0.5) is 10.8 Å². The van der Waals surface area contributed by atoms with Crippen molar-refractivity contribution in [1.29, 1.82) is 0 Å². The second kappa shape index (κ2) is 9.97. The third-order valence-electron chi connectivity index (χ3n) is 4.78. The summed E-state index contributed by atoms with van der Waals surface area (Å²) in [5, 5.41) is 6.14. The molecule has 1 heterocycles. The van der Waals surface area contributed by atoms with Gasteiger partial charge in [0.1, 0.15) is 0 Å². The van der Waals surface area contributed by atoms with E-state index in [2.05, 4.69) is 21.7 Å². The van der Waals surface area contributed by atoms with Crippen LogP contribution >= 0.6 is 23.1 Å². The number of thioether (sulfide) groups is 1. The number of aryl methyl sites for hydroxylation is 1. The summed E-state index contributed by atoms with van der Waals surface area (Å²) in [6.07, 6.45) is 0.318. The normalized spacial score (nSPS) is 11.8. The minimum atomic E-state index is -0.320. The van der Waals surface area contributed by atoms with Gasteiger partial charge in [-0.15, -0.1) is 11.8 Å². The molecule has 4 rings (SSSR count). The largest absolute Gasteiger partial charge is 0.326 e. The van der Waals surface area contributed by atoms with Crippen LogP contribution in [-0.4, -0.2) is 22.0 Å². The van der Waals surface area contributed by atoms with E-state index in [4.69, 9.17) is 0 Å². The van der Waals surface area contributed by atoms with Gasteiger partial charge in [-0.2, -0.15) is 0 Å². The number of thiazole rings is 1. The van der Waals surface area contributed by atoms with Gasteiger partial charge in [-0.25, -0.2) is 4.98 Å². The van der Waals surface area contributed by atoms with Crippen molar-refractivity contribution >= 4 is 55.9 Å². The van der Waals surface area contributed by atoms with Crippen LogP contribution in [0.15, 0.2) is 77.7 Å². The van der Waals surface area contributed by atoms with E-state index in [1.165, 1.54) is 28.7 Å². The van der Waals surface area contributed by atoms with Crippen LogP contribution in [0.5, 0.6) is 0 Å². The van der Waals surface area contributed by atoms with Gasteiger partial charge < -0.3 is 10.6 Å². The van der Waals surface area contributed by atoms with Crippen molar-refractivity contribution in [3.8, 4) is 0 Å². The minimum Gasteiger partial charge on any atom is -0.326 e. The zero-order valence-corrected chi connectivity index (χ0v) is 19.4. The van der Waals surface area contributed by atoms with Gasteiger partial charge in [0.15, 0.2) is 5.13 Å². The van der Waals surface area contributed by atoms with E-state index in [9.17, 15) is 9.59 Å². The lowest BCUT2D eigenvalue weighted by atomic mass is 10.1. The van der Waals surface area contributed by atoms with E-state index in [0.717, 1.165) is 20.7 Å². The Morgan fingerprint density at radius 3 is 2.62 bits per heavy atom. The van der Waals surface area contributed by atoms with Crippen LogP contribution in [0.25, 0.3) is 10.2 Å². The molecule has 1 atom stereocenters. The number of nitrogens with one attached hydrogen (secondary N) is 2. The predicted octanol–water partition coefficient (Wildman–Crippen LogP) is 5.91. The summed E-state index contributed by atoms with van der Waals surface area (Å²) in [4.78, 5) is 30.4. The highest BCUT2D eigenvalue weighted by Gasteiger charge is 2.17. The molecule has 5 nitrogen and oxygen atoms in total. The smallest absolute Gasteiger partial charge is 0.239 e. The Hall–Kier alpha value is -3.16. The molecule has 1 aromatic heterocycles. The highest BCUT2D eigenvalue weighted by atomic mass is 32.2. The third kappa shape index (κ3) is 5.75. The number of hydrogen-bond acceptors (Lipinski definition) is 5.